The predicted octanol–water partition coefficient (Wildman–Crippen LogP) is 3.74. The summed E-state index contributed by atoms with van der Waals surface area (Å²) in [7, 11) is -4.12. The highest BCUT2D eigenvalue weighted by Crippen LogP contribution is 2.34. The van der Waals surface area contributed by atoms with Gasteiger partial charge in [-0.1, -0.05) is 17.7 Å². The van der Waals surface area contributed by atoms with Gasteiger partial charge in [-0.2, -0.15) is 0 Å². The van der Waals surface area contributed by atoms with Gasteiger partial charge in [0.05, 0.1) is 10.6 Å². The van der Waals surface area contributed by atoms with E-state index >= 15 is 0 Å². The smallest absolute Gasteiger partial charge is 0.264 e. The lowest BCUT2D eigenvalue weighted by molar-refractivity contribution is -0.114. The highest BCUT2D eigenvalue weighted by atomic mass is 32.2. The molecule has 0 fully saturated rings. The minimum absolute atomic E-state index is 0.0306. The molecular formula is C23H21FN2O5S. The number of aryl methyl sites for hydroxylation is 1. The number of hydrogen-bond acceptors (Lipinski definition) is 5. The van der Waals surface area contributed by atoms with E-state index in [9.17, 15) is 17.6 Å². The van der Waals surface area contributed by atoms with E-state index in [0.29, 0.717) is 36.1 Å². The van der Waals surface area contributed by atoms with E-state index in [-0.39, 0.29) is 4.90 Å². The molecule has 0 saturated heterocycles. The Morgan fingerprint density at radius 2 is 1.62 bits per heavy atom. The molecule has 0 aliphatic carbocycles. The standard InChI is InChI=1S/C23H21FN2O5S/c1-16-2-8-19(9-3-16)26(15-23(27)25-18-6-4-17(24)5-7-18)32(28,29)20-10-11-21-22(14-20)31-13-12-30-21/h2-11,14H,12-13,15H2,1H3,(H,25,27). The molecule has 166 valence electrons. The van der Waals surface area contributed by atoms with Crippen LogP contribution in [0.25, 0.3) is 0 Å². The van der Waals surface area contributed by atoms with E-state index in [1.54, 1.807) is 24.3 Å². The van der Waals surface area contributed by atoms with Gasteiger partial charge in [0.25, 0.3) is 10.0 Å². The van der Waals surface area contributed by atoms with Gasteiger partial charge < -0.3 is 14.8 Å². The van der Waals surface area contributed by atoms with E-state index in [1.807, 2.05) is 6.92 Å². The summed E-state index contributed by atoms with van der Waals surface area (Å²) in [6.45, 7) is 2.11. The molecule has 0 bridgehead atoms. The van der Waals surface area contributed by atoms with Gasteiger partial charge in [-0.3, -0.25) is 9.10 Å². The Morgan fingerprint density at radius 1 is 0.969 bits per heavy atom. The third-order valence-corrected chi connectivity index (χ3v) is 6.61. The second kappa shape index (κ2) is 8.88. The number of anilines is 2. The molecule has 3 aromatic rings. The summed E-state index contributed by atoms with van der Waals surface area (Å²) >= 11 is 0. The second-order valence-corrected chi connectivity index (χ2v) is 9.07. The largest absolute Gasteiger partial charge is 0.486 e. The third kappa shape index (κ3) is 4.67. The summed E-state index contributed by atoms with van der Waals surface area (Å²) in [6.07, 6.45) is 0. The summed E-state index contributed by atoms with van der Waals surface area (Å²) < 4.78 is 52.2. The Labute approximate surface area is 185 Å². The van der Waals surface area contributed by atoms with Crippen LogP contribution in [0.5, 0.6) is 11.5 Å². The molecule has 0 unspecified atom stereocenters. The minimum Gasteiger partial charge on any atom is -0.486 e. The predicted molar refractivity (Wildman–Crippen MR) is 118 cm³/mol. The molecule has 7 nitrogen and oxygen atoms in total. The molecule has 3 aromatic carbocycles. The Kier molecular flexibility index (Phi) is 6.00. The number of carbonyl (C=O) groups excluding carboxylic acids is 1. The summed E-state index contributed by atoms with van der Waals surface area (Å²) in [5.74, 6) is -0.216. The fourth-order valence-electron chi connectivity index (χ4n) is 3.20. The van der Waals surface area contributed by atoms with Crippen molar-refractivity contribution in [2.75, 3.05) is 29.4 Å². The van der Waals surface area contributed by atoms with Crippen LogP contribution in [-0.4, -0.2) is 34.1 Å². The van der Waals surface area contributed by atoms with Crippen LogP contribution in [0, 0.1) is 12.7 Å². The average Bonchev–Trinajstić information content (AvgIpc) is 2.79. The summed E-state index contributed by atoms with van der Waals surface area (Å²) in [5.41, 5.74) is 1.64. The normalized spacial score (nSPS) is 12.8. The number of nitrogens with one attached hydrogen (secondary N) is 1. The zero-order chi connectivity index (χ0) is 22.7. The van der Waals surface area contributed by atoms with Crippen LogP contribution in [0.15, 0.2) is 71.6 Å². The van der Waals surface area contributed by atoms with Gasteiger partial charge in [0.15, 0.2) is 11.5 Å². The van der Waals surface area contributed by atoms with E-state index in [4.69, 9.17) is 9.47 Å². The second-order valence-electron chi connectivity index (χ2n) is 7.21. The number of fused-ring (bicyclic) bond motifs is 1. The van der Waals surface area contributed by atoms with Crippen molar-refractivity contribution in [3.63, 3.8) is 0 Å². The zero-order valence-corrected chi connectivity index (χ0v) is 18.1. The van der Waals surface area contributed by atoms with Crippen LogP contribution in [0.4, 0.5) is 15.8 Å². The van der Waals surface area contributed by atoms with Crippen molar-refractivity contribution in [3.05, 3.63) is 78.1 Å². The summed E-state index contributed by atoms with van der Waals surface area (Å²) in [4.78, 5) is 12.7. The number of carbonyl (C=O) groups is 1. The number of rotatable bonds is 6. The highest BCUT2D eigenvalue weighted by molar-refractivity contribution is 7.92. The lowest BCUT2D eigenvalue weighted by Gasteiger charge is -2.25. The van der Waals surface area contributed by atoms with Gasteiger partial charge in [-0.15, -0.1) is 0 Å². The lowest BCUT2D eigenvalue weighted by Crippen LogP contribution is -2.38. The van der Waals surface area contributed by atoms with Gasteiger partial charge in [0, 0.05) is 11.8 Å². The van der Waals surface area contributed by atoms with E-state index in [2.05, 4.69) is 5.32 Å². The number of benzene rings is 3. The topological polar surface area (TPSA) is 84.9 Å². The molecule has 9 heteroatoms. The number of ether oxygens (including phenoxy) is 2. The SMILES string of the molecule is Cc1ccc(N(CC(=O)Nc2ccc(F)cc2)S(=O)(=O)c2ccc3c(c2)OCCO3)cc1. The van der Waals surface area contributed by atoms with Crippen LogP contribution in [-0.2, 0) is 14.8 Å². The van der Waals surface area contributed by atoms with E-state index < -0.39 is 28.3 Å². The quantitative estimate of drug-likeness (QED) is 0.611. The minimum atomic E-state index is -4.12. The molecular weight excluding hydrogens is 435 g/mol. The third-order valence-electron chi connectivity index (χ3n) is 4.84. The number of nitrogens with zero attached hydrogens (tertiary/aromatic N) is 1. The highest BCUT2D eigenvalue weighted by Gasteiger charge is 2.29. The number of amides is 1. The fraction of sp³-hybridized carbons (Fsp3) is 0.174. The zero-order valence-electron chi connectivity index (χ0n) is 17.2. The Morgan fingerprint density at radius 3 is 2.31 bits per heavy atom. The first kappa shape index (κ1) is 21.6. The first-order valence-corrected chi connectivity index (χ1v) is 11.3. The van der Waals surface area contributed by atoms with Crippen LogP contribution >= 0.6 is 0 Å². The molecule has 1 aliphatic rings. The van der Waals surface area contributed by atoms with Gasteiger partial charge in [-0.05, 0) is 55.5 Å². The molecule has 1 aliphatic heterocycles. The molecule has 1 amide bonds. The van der Waals surface area contributed by atoms with E-state index in [0.717, 1.165) is 9.87 Å². The maximum absolute atomic E-state index is 13.5. The molecule has 0 saturated carbocycles. The fourth-order valence-corrected chi connectivity index (χ4v) is 4.64. The van der Waals surface area contributed by atoms with Crippen molar-refractivity contribution in [2.45, 2.75) is 11.8 Å². The summed E-state index contributed by atoms with van der Waals surface area (Å²) in [6, 6.07) is 16.4. The first-order chi connectivity index (χ1) is 15.3. The van der Waals surface area contributed by atoms with Crippen molar-refractivity contribution in [1.82, 2.24) is 0 Å². The molecule has 0 radical (unpaired) electrons. The average molecular weight is 456 g/mol. The first-order valence-electron chi connectivity index (χ1n) is 9.87. The molecule has 1 heterocycles. The van der Waals surface area contributed by atoms with Crippen molar-refractivity contribution in [3.8, 4) is 11.5 Å². The van der Waals surface area contributed by atoms with Gasteiger partial charge in [0.1, 0.15) is 25.6 Å². The molecule has 4 rings (SSSR count). The number of hydrogen-bond donors (Lipinski definition) is 1. The van der Waals surface area contributed by atoms with Crippen LogP contribution in [0.2, 0.25) is 0 Å². The van der Waals surface area contributed by atoms with Gasteiger partial charge >= 0.3 is 0 Å². The molecule has 0 aromatic heterocycles. The molecule has 32 heavy (non-hydrogen) atoms. The van der Waals surface area contributed by atoms with Crippen molar-refractivity contribution >= 4 is 27.3 Å². The van der Waals surface area contributed by atoms with Crippen LogP contribution < -0.4 is 19.1 Å². The van der Waals surface area contributed by atoms with Crippen molar-refractivity contribution in [2.24, 2.45) is 0 Å². The van der Waals surface area contributed by atoms with Crippen LogP contribution in [0.1, 0.15) is 5.56 Å². The van der Waals surface area contributed by atoms with Crippen molar-refractivity contribution in [1.29, 1.82) is 0 Å². The van der Waals surface area contributed by atoms with E-state index in [1.165, 1.54) is 42.5 Å². The van der Waals surface area contributed by atoms with Gasteiger partial charge in [0.2, 0.25) is 5.91 Å². The Balaban J connectivity index is 1.66. The lowest BCUT2D eigenvalue weighted by atomic mass is 10.2. The maximum Gasteiger partial charge on any atom is 0.264 e. The van der Waals surface area contributed by atoms with Crippen LogP contribution in [0.3, 0.4) is 0 Å². The molecule has 0 spiro atoms. The summed E-state index contributed by atoms with van der Waals surface area (Å²) in [5, 5.41) is 2.60. The Bertz CT molecular complexity index is 1230. The Hall–Kier alpha value is -3.59. The maximum atomic E-state index is 13.5. The van der Waals surface area contributed by atoms with Gasteiger partial charge in [-0.25, -0.2) is 12.8 Å². The monoisotopic (exact) mass is 456 g/mol. The molecule has 0 atom stereocenters. The number of halogens is 1. The molecule has 1 N–H and O–H groups in total. The number of sulfonamides is 1. The van der Waals surface area contributed by atoms with Crippen molar-refractivity contribution < 1.29 is 27.1 Å².